The van der Waals surface area contributed by atoms with Crippen molar-refractivity contribution in [2.75, 3.05) is 0 Å². The summed E-state index contributed by atoms with van der Waals surface area (Å²) in [4.78, 5) is 22.2. The Morgan fingerprint density at radius 1 is 1.50 bits per heavy atom. The Bertz CT molecular complexity index is 102. The molecule has 0 aliphatic heterocycles. The first-order chi connectivity index (χ1) is 3.18. The quantitative estimate of drug-likeness (QED) is 0.361. The van der Waals surface area contributed by atoms with E-state index in [1.54, 1.807) is 0 Å². The van der Waals surface area contributed by atoms with Crippen molar-refractivity contribution in [3.8, 4) is 0 Å². The average Bonchev–Trinajstić information content (AvgIpc) is 1.65. The SMILES string of the molecule is NOC(=O)C(=O)O.[Y]. The van der Waals surface area contributed by atoms with Crippen LogP contribution in [0.2, 0.25) is 0 Å². The van der Waals surface area contributed by atoms with E-state index in [0.717, 1.165) is 0 Å². The number of carboxylic acids is 1. The molecule has 5 nitrogen and oxygen atoms in total. The van der Waals surface area contributed by atoms with Crippen molar-refractivity contribution in [1.82, 2.24) is 0 Å². The number of carbonyl (C=O) groups excluding carboxylic acids is 1. The maximum atomic E-state index is 9.56. The molecule has 0 spiro atoms. The molecule has 0 saturated carbocycles. The van der Waals surface area contributed by atoms with Crippen LogP contribution in [0.5, 0.6) is 0 Å². The van der Waals surface area contributed by atoms with E-state index in [9.17, 15) is 9.59 Å². The first-order valence-electron chi connectivity index (χ1n) is 1.32. The zero-order chi connectivity index (χ0) is 5.86. The Hall–Kier alpha value is 0.00390. The molecule has 0 heterocycles. The molecule has 0 fully saturated rings. The third-order valence-corrected chi connectivity index (χ3v) is 0.282. The van der Waals surface area contributed by atoms with E-state index in [4.69, 9.17) is 5.11 Å². The molecule has 43 valence electrons. The molecule has 0 aliphatic rings. The Morgan fingerprint density at radius 2 is 1.88 bits per heavy atom. The standard InChI is InChI=1S/C2H3NO4.Y/c3-7-2(6)1(4)5;/h3H2,(H,4,5);. The van der Waals surface area contributed by atoms with Crippen molar-refractivity contribution >= 4 is 11.9 Å². The minimum absolute atomic E-state index is 0. The molecule has 0 aromatic rings. The first-order valence-corrected chi connectivity index (χ1v) is 1.32. The summed E-state index contributed by atoms with van der Waals surface area (Å²) in [7, 11) is 0. The second-order valence-corrected chi connectivity index (χ2v) is 0.710. The van der Waals surface area contributed by atoms with Crippen LogP contribution in [0.4, 0.5) is 0 Å². The third-order valence-electron chi connectivity index (χ3n) is 0.282. The molecule has 1 radical (unpaired) electrons. The van der Waals surface area contributed by atoms with Gasteiger partial charge in [-0.15, -0.1) is 0 Å². The normalized spacial score (nSPS) is 6.62. The summed E-state index contributed by atoms with van der Waals surface area (Å²) >= 11 is 0. The number of carbonyl (C=O) groups is 2. The molecule has 0 atom stereocenters. The Labute approximate surface area is 70.0 Å². The average molecular weight is 194 g/mol. The number of hydrogen-bond acceptors (Lipinski definition) is 4. The largest absolute Gasteiger partial charge is 0.473 e. The molecule has 0 saturated heterocycles. The molecular weight excluding hydrogens is 191 g/mol. The van der Waals surface area contributed by atoms with Crippen molar-refractivity contribution < 1.29 is 52.2 Å². The van der Waals surface area contributed by atoms with Gasteiger partial charge < -0.3 is 9.94 Å². The Balaban J connectivity index is 0. The summed E-state index contributed by atoms with van der Waals surface area (Å²) in [6.45, 7) is 0. The Morgan fingerprint density at radius 3 is 1.88 bits per heavy atom. The maximum absolute atomic E-state index is 9.56. The molecule has 0 amide bonds. The van der Waals surface area contributed by atoms with Crippen LogP contribution >= 0.6 is 0 Å². The fraction of sp³-hybridized carbons (Fsp3) is 0. The summed E-state index contributed by atoms with van der Waals surface area (Å²) in [5.74, 6) is 0.992. The van der Waals surface area contributed by atoms with Crippen LogP contribution in [-0.4, -0.2) is 17.0 Å². The van der Waals surface area contributed by atoms with E-state index in [0.29, 0.717) is 0 Å². The monoisotopic (exact) mass is 194 g/mol. The summed E-state index contributed by atoms with van der Waals surface area (Å²) in [6, 6.07) is 0. The summed E-state index contributed by atoms with van der Waals surface area (Å²) in [5, 5.41) is 7.63. The minimum Gasteiger partial charge on any atom is -0.473 e. The number of rotatable bonds is 0. The van der Waals surface area contributed by atoms with Gasteiger partial charge in [-0.2, -0.15) is 5.90 Å². The third kappa shape index (κ3) is 4.17. The van der Waals surface area contributed by atoms with Gasteiger partial charge in [0.25, 0.3) is 0 Å². The summed E-state index contributed by atoms with van der Waals surface area (Å²) in [6.07, 6.45) is 0. The number of nitrogens with two attached hydrogens (primary N) is 1. The van der Waals surface area contributed by atoms with Gasteiger partial charge in [0.1, 0.15) is 0 Å². The first kappa shape index (κ1) is 10.9. The summed E-state index contributed by atoms with van der Waals surface area (Å²) < 4.78 is 0. The van der Waals surface area contributed by atoms with Crippen LogP contribution in [0.3, 0.4) is 0 Å². The molecular formula is C2H3NO4Y. The van der Waals surface area contributed by atoms with Crippen molar-refractivity contribution in [2.45, 2.75) is 0 Å². The maximum Gasteiger partial charge on any atom is 0.435 e. The van der Waals surface area contributed by atoms with Crippen LogP contribution in [0.1, 0.15) is 0 Å². The van der Waals surface area contributed by atoms with Crippen LogP contribution < -0.4 is 5.90 Å². The topological polar surface area (TPSA) is 89.6 Å². The van der Waals surface area contributed by atoms with Crippen molar-refractivity contribution in [1.29, 1.82) is 0 Å². The summed E-state index contributed by atoms with van der Waals surface area (Å²) in [5.41, 5.74) is 0. The van der Waals surface area contributed by atoms with E-state index in [2.05, 4.69) is 10.7 Å². The van der Waals surface area contributed by atoms with E-state index in [-0.39, 0.29) is 32.7 Å². The zero-order valence-corrected chi connectivity index (χ0v) is 6.66. The second kappa shape index (κ2) is 5.15. The van der Waals surface area contributed by atoms with E-state index in [1.165, 1.54) is 0 Å². The van der Waals surface area contributed by atoms with Crippen molar-refractivity contribution in [3.05, 3.63) is 0 Å². The van der Waals surface area contributed by atoms with Gasteiger partial charge in [-0.1, -0.05) is 0 Å². The van der Waals surface area contributed by atoms with Crippen LogP contribution in [0.15, 0.2) is 0 Å². The molecule has 8 heavy (non-hydrogen) atoms. The smallest absolute Gasteiger partial charge is 0.435 e. The van der Waals surface area contributed by atoms with Gasteiger partial charge in [-0.3, -0.25) is 0 Å². The number of carboxylic acid groups (broad SMARTS) is 1. The van der Waals surface area contributed by atoms with Crippen LogP contribution in [-0.2, 0) is 47.1 Å². The van der Waals surface area contributed by atoms with Crippen molar-refractivity contribution in [3.63, 3.8) is 0 Å². The van der Waals surface area contributed by atoms with Gasteiger partial charge in [-0.05, 0) is 0 Å². The number of hydrogen-bond donors (Lipinski definition) is 2. The molecule has 0 aromatic carbocycles. The molecule has 0 bridgehead atoms. The molecule has 0 aromatic heterocycles. The number of aliphatic carboxylic acids is 1. The fourth-order valence-electron chi connectivity index (χ4n) is 0.0504. The van der Waals surface area contributed by atoms with Crippen LogP contribution in [0.25, 0.3) is 0 Å². The van der Waals surface area contributed by atoms with Gasteiger partial charge in [-0.25, -0.2) is 9.59 Å². The molecule has 0 unspecified atom stereocenters. The molecule has 0 aliphatic carbocycles. The van der Waals surface area contributed by atoms with Gasteiger partial charge in [0.15, 0.2) is 0 Å². The predicted octanol–water partition coefficient (Wildman–Crippen LogP) is -1.51. The van der Waals surface area contributed by atoms with Gasteiger partial charge >= 0.3 is 11.9 Å². The van der Waals surface area contributed by atoms with Crippen LogP contribution in [0, 0.1) is 0 Å². The van der Waals surface area contributed by atoms with Crippen molar-refractivity contribution in [2.24, 2.45) is 5.90 Å². The molecule has 6 heteroatoms. The van der Waals surface area contributed by atoms with Gasteiger partial charge in [0, 0.05) is 32.7 Å². The van der Waals surface area contributed by atoms with Gasteiger partial charge in [0.05, 0.1) is 0 Å². The minimum atomic E-state index is -1.69. The van der Waals surface area contributed by atoms with E-state index in [1.807, 2.05) is 0 Å². The van der Waals surface area contributed by atoms with E-state index >= 15 is 0 Å². The second-order valence-electron chi connectivity index (χ2n) is 0.710. The van der Waals surface area contributed by atoms with Gasteiger partial charge in [0.2, 0.25) is 0 Å². The molecule has 3 N–H and O–H groups in total. The zero-order valence-electron chi connectivity index (χ0n) is 3.83. The fourth-order valence-corrected chi connectivity index (χ4v) is 0.0504. The van der Waals surface area contributed by atoms with E-state index < -0.39 is 11.9 Å². The molecule has 0 rings (SSSR count). The predicted molar refractivity (Wildman–Crippen MR) is 17.9 cm³/mol. The Kier molecular flexibility index (Phi) is 7.01.